The molecule has 0 radical (unpaired) electrons. The van der Waals surface area contributed by atoms with Crippen molar-refractivity contribution in [3.05, 3.63) is 34.1 Å². The fourth-order valence-electron chi connectivity index (χ4n) is 3.25. The van der Waals surface area contributed by atoms with Gasteiger partial charge in [0.1, 0.15) is 11.6 Å². The van der Waals surface area contributed by atoms with Gasteiger partial charge in [-0.05, 0) is 71.4 Å². The van der Waals surface area contributed by atoms with Gasteiger partial charge in [0.2, 0.25) is 0 Å². The third-order valence-electron chi connectivity index (χ3n) is 4.54. The zero-order valence-corrected chi connectivity index (χ0v) is 12.3. The first-order chi connectivity index (χ1) is 9.11. The normalized spacial score (nSPS) is 24.4. The van der Waals surface area contributed by atoms with Crippen LogP contribution in [0.5, 0.6) is 0 Å². The Morgan fingerprint density at radius 1 is 1.42 bits per heavy atom. The van der Waals surface area contributed by atoms with Crippen LogP contribution in [0.4, 0.5) is 4.39 Å². The molecule has 2 aliphatic rings. The number of ketones is 1. The third kappa shape index (κ3) is 2.61. The second-order valence-electron chi connectivity index (χ2n) is 5.76. The topological polar surface area (TPSA) is 29.1 Å². The highest BCUT2D eigenvalue weighted by Gasteiger charge is 2.56. The van der Waals surface area contributed by atoms with Gasteiger partial charge in [-0.3, -0.25) is 4.79 Å². The van der Waals surface area contributed by atoms with Crippen molar-refractivity contribution in [2.24, 2.45) is 11.3 Å². The van der Waals surface area contributed by atoms with Gasteiger partial charge in [0, 0.05) is 12.3 Å². The molecule has 2 nitrogen and oxygen atoms in total. The maximum atomic E-state index is 13.2. The highest BCUT2D eigenvalue weighted by atomic mass is 79.9. The molecule has 19 heavy (non-hydrogen) atoms. The SMILES string of the molecule is O=C(Cc1ccc(F)c(Br)c1)C1CC12CCNCC2. The van der Waals surface area contributed by atoms with E-state index < -0.39 is 0 Å². The summed E-state index contributed by atoms with van der Waals surface area (Å²) in [5.41, 5.74) is 1.19. The molecule has 1 aliphatic carbocycles. The molecule has 3 rings (SSSR count). The Morgan fingerprint density at radius 3 is 2.84 bits per heavy atom. The monoisotopic (exact) mass is 325 g/mol. The van der Waals surface area contributed by atoms with E-state index in [0.29, 0.717) is 22.1 Å². The zero-order valence-electron chi connectivity index (χ0n) is 10.7. The number of hydrogen-bond donors (Lipinski definition) is 1. The minimum absolute atomic E-state index is 0.235. The molecular weight excluding hydrogens is 309 g/mol. The number of rotatable bonds is 3. The summed E-state index contributed by atoms with van der Waals surface area (Å²) in [4.78, 5) is 12.3. The third-order valence-corrected chi connectivity index (χ3v) is 5.15. The first-order valence-electron chi connectivity index (χ1n) is 6.78. The van der Waals surface area contributed by atoms with Crippen molar-refractivity contribution in [2.75, 3.05) is 13.1 Å². The molecule has 1 unspecified atom stereocenters. The molecule has 2 fully saturated rings. The summed E-state index contributed by atoms with van der Waals surface area (Å²) in [5, 5.41) is 3.34. The Hall–Kier alpha value is -0.740. The molecule has 1 aliphatic heterocycles. The van der Waals surface area contributed by atoms with Crippen LogP contribution in [0.1, 0.15) is 24.8 Å². The fraction of sp³-hybridized carbons (Fsp3) is 0.533. The number of hydrogen-bond acceptors (Lipinski definition) is 2. The summed E-state index contributed by atoms with van der Waals surface area (Å²) in [6.07, 6.45) is 3.72. The van der Waals surface area contributed by atoms with Gasteiger partial charge in [-0.25, -0.2) is 4.39 Å². The van der Waals surface area contributed by atoms with Crippen molar-refractivity contribution in [1.29, 1.82) is 0 Å². The summed E-state index contributed by atoms with van der Waals surface area (Å²) in [7, 11) is 0. The van der Waals surface area contributed by atoms with Crippen molar-refractivity contribution in [3.8, 4) is 0 Å². The summed E-state index contributed by atoms with van der Waals surface area (Å²) < 4.78 is 13.6. The molecule has 1 heterocycles. The second-order valence-corrected chi connectivity index (χ2v) is 6.61. The van der Waals surface area contributed by atoms with E-state index in [1.807, 2.05) is 0 Å². The number of carbonyl (C=O) groups excluding carboxylic acids is 1. The van der Waals surface area contributed by atoms with E-state index in [4.69, 9.17) is 0 Å². The Morgan fingerprint density at radius 2 is 2.16 bits per heavy atom. The van der Waals surface area contributed by atoms with E-state index in [-0.39, 0.29) is 11.7 Å². The van der Waals surface area contributed by atoms with Crippen molar-refractivity contribution in [2.45, 2.75) is 25.7 Å². The molecule has 1 N–H and O–H groups in total. The first kappa shape index (κ1) is 13.3. The molecule has 1 atom stereocenters. The van der Waals surface area contributed by atoms with Crippen molar-refractivity contribution in [1.82, 2.24) is 5.32 Å². The Bertz CT molecular complexity index is 511. The average molecular weight is 326 g/mol. The van der Waals surface area contributed by atoms with E-state index in [1.165, 1.54) is 6.07 Å². The van der Waals surface area contributed by atoms with Crippen LogP contribution < -0.4 is 5.32 Å². The number of carbonyl (C=O) groups is 1. The van der Waals surface area contributed by atoms with Crippen LogP contribution >= 0.6 is 15.9 Å². The minimum Gasteiger partial charge on any atom is -0.317 e. The first-order valence-corrected chi connectivity index (χ1v) is 7.57. The maximum Gasteiger partial charge on any atom is 0.140 e. The van der Waals surface area contributed by atoms with E-state index >= 15 is 0 Å². The van der Waals surface area contributed by atoms with Crippen LogP contribution in [-0.4, -0.2) is 18.9 Å². The number of benzene rings is 1. The van der Waals surface area contributed by atoms with Gasteiger partial charge in [0.05, 0.1) is 4.47 Å². The highest BCUT2D eigenvalue weighted by molar-refractivity contribution is 9.10. The van der Waals surface area contributed by atoms with Crippen LogP contribution in [0.25, 0.3) is 0 Å². The lowest BCUT2D eigenvalue weighted by Crippen LogP contribution is -2.30. The van der Waals surface area contributed by atoms with E-state index in [9.17, 15) is 9.18 Å². The van der Waals surface area contributed by atoms with Gasteiger partial charge in [-0.15, -0.1) is 0 Å². The van der Waals surface area contributed by atoms with Gasteiger partial charge in [-0.1, -0.05) is 6.07 Å². The molecule has 0 bridgehead atoms. The van der Waals surface area contributed by atoms with Crippen LogP contribution in [-0.2, 0) is 11.2 Å². The molecule has 102 valence electrons. The highest BCUT2D eigenvalue weighted by Crippen LogP contribution is 2.59. The maximum absolute atomic E-state index is 13.2. The number of Topliss-reactive ketones (excluding diaryl/α,β-unsaturated/α-hetero) is 1. The summed E-state index contributed by atoms with van der Waals surface area (Å²) >= 11 is 3.16. The van der Waals surface area contributed by atoms with Gasteiger partial charge in [0.15, 0.2) is 0 Å². The van der Waals surface area contributed by atoms with E-state index in [1.54, 1.807) is 12.1 Å². The largest absolute Gasteiger partial charge is 0.317 e. The Labute approximate surface area is 120 Å². The predicted octanol–water partition coefficient (Wildman–Crippen LogP) is 3.09. The molecule has 1 spiro atoms. The lowest BCUT2D eigenvalue weighted by atomic mass is 9.89. The molecule has 1 aromatic rings. The van der Waals surface area contributed by atoms with Crippen molar-refractivity contribution >= 4 is 21.7 Å². The molecule has 1 saturated heterocycles. The molecule has 0 amide bonds. The predicted molar refractivity (Wildman–Crippen MR) is 75.5 cm³/mol. The zero-order chi connectivity index (χ0) is 13.5. The van der Waals surface area contributed by atoms with Crippen LogP contribution in [0.3, 0.4) is 0 Å². The fourth-order valence-corrected chi connectivity index (χ4v) is 3.68. The second kappa shape index (κ2) is 4.98. The molecule has 1 aromatic carbocycles. The van der Waals surface area contributed by atoms with Crippen molar-refractivity contribution < 1.29 is 9.18 Å². The molecule has 1 saturated carbocycles. The van der Waals surface area contributed by atoms with Gasteiger partial charge in [-0.2, -0.15) is 0 Å². The number of nitrogens with one attached hydrogen (secondary N) is 1. The molecular formula is C15H17BrFNO. The van der Waals surface area contributed by atoms with Crippen LogP contribution in [0, 0.1) is 17.2 Å². The quantitative estimate of drug-likeness (QED) is 0.925. The molecule has 4 heteroatoms. The standard InChI is InChI=1S/C15H17BrFNO/c16-12-7-10(1-2-13(12)17)8-14(19)11-9-15(11)3-5-18-6-4-15/h1-2,7,11,18H,3-6,8-9H2. The van der Waals surface area contributed by atoms with Crippen LogP contribution in [0.2, 0.25) is 0 Å². The molecule has 0 aromatic heterocycles. The Kier molecular flexibility index (Phi) is 3.48. The van der Waals surface area contributed by atoms with Crippen molar-refractivity contribution in [3.63, 3.8) is 0 Å². The van der Waals surface area contributed by atoms with Gasteiger partial charge < -0.3 is 5.32 Å². The lowest BCUT2D eigenvalue weighted by molar-refractivity contribution is -0.120. The minimum atomic E-state index is -0.280. The van der Waals surface area contributed by atoms with E-state index in [0.717, 1.165) is 37.9 Å². The lowest BCUT2D eigenvalue weighted by Gasteiger charge is -2.23. The smallest absolute Gasteiger partial charge is 0.140 e. The average Bonchev–Trinajstić information content (AvgIpc) is 3.08. The van der Waals surface area contributed by atoms with Gasteiger partial charge >= 0.3 is 0 Å². The summed E-state index contributed by atoms with van der Waals surface area (Å²) in [6, 6.07) is 4.83. The summed E-state index contributed by atoms with van der Waals surface area (Å²) in [5.74, 6) is 0.274. The van der Waals surface area contributed by atoms with E-state index in [2.05, 4.69) is 21.2 Å². The van der Waals surface area contributed by atoms with Gasteiger partial charge in [0.25, 0.3) is 0 Å². The summed E-state index contributed by atoms with van der Waals surface area (Å²) in [6.45, 7) is 2.07. The number of halogens is 2. The number of piperidine rings is 1. The Balaban J connectivity index is 1.64. The van der Waals surface area contributed by atoms with Crippen LogP contribution in [0.15, 0.2) is 22.7 Å².